The van der Waals surface area contributed by atoms with Crippen LogP contribution in [0.4, 0.5) is 0 Å². The summed E-state index contributed by atoms with van der Waals surface area (Å²) in [6, 6.07) is 9.63. The minimum atomic E-state index is -1.48. The Balaban J connectivity index is 1.89. The Morgan fingerprint density at radius 3 is 2.50 bits per heavy atom. The van der Waals surface area contributed by atoms with Crippen LogP contribution < -0.4 is 0 Å². The predicted molar refractivity (Wildman–Crippen MR) is 84.9 cm³/mol. The van der Waals surface area contributed by atoms with Gasteiger partial charge in [-0.3, -0.25) is 0 Å². The molecule has 0 radical (unpaired) electrons. The minimum absolute atomic E-state index is 0.0416. The Kier molecular flexibility index (Phi) is 7.57. The van der Waals surface area contributed by atoms with Gasteiger partial charge in [0.05, 0.1) is 32.0 Å². The minimum Gasteiger partial charge on any atom is -0.396 e. The molecule has 24 heavy (non-hydrogen) atoms. The summed E-state index contributed by atoms with van der Waals surface area (Å²) in [4.78, 5) is 0. The number of ether oxygens (including phenoxy) is 4. The monoisotopic (exact) mass is 342 g/mol. The normalized spacial score (nSPS) is 29.9. The van der Waals surface area contributed by atoms with Crippen LogP contribution in [-0.2, 0) is 25.6 Å². The Hall–Kier alpha value is -1.06. The number of hydrogen-bond donors (Lipinski definition) is 3. The molecule has 4 atom stereocenters. The molecule has 1 aromatic rings. The number of aliphatic hydroxyl groups excluding tert-OH is 2. The zero-order valence-corrected chi connectivity index (χ0v) is 13.8. The fourth-order valence-corrected chi connectivity index (χ4v) is 3.05. The molecule has 7 nitrogen and oxygen atoms in total. The molecule has 7 heteroatoms. The number of benzene rings is 1. The van der Waals surface area contributed by atoms with Gasteiger partial charge in [-0.05, 0) is 5.56 Å². The first-order chi connectivity index (χ1) is 11.6. The fourth-order valence-electron chi connectivity index (χ4n) is 3.05. The molecular formula is C17H26O7. The Morgan fingerprint density at radius 1 is 1.12 bits per heavy atom. The quantitative estimate of drug-likeness (QED) is 0.415. The second kappa shape index (κ2) is 9.43. The molecule has 1 saturated carbocycles. The standard InChI is InChI=1S/C17H26O7/c1-21-11-23-15-7-17(20,10-19)16(14(15)8-18)24-12-22-9-13-5-3-2-4-6-13/h2-6,14-16,18-20H,7-12H2,1H3/t14-,15?,16+,17-/m1/s1. The van der Waals surface area contributed by atoms with Gasteiger partial charge in [-0.15, -0.1) is 0 Å². The van der Waals surface area contributed by atoms with E-state index in [9.17, 15) is 15.3 Å². The molecule has 0 spiro atoms. The highest BCUT2D eigenvalue weighted by molar-refractivity contribution is 5.13. The van der Waals surface area contributed by atoms with E-state index in [-0.39, 0.29) is 26.6 Å². The average Bonchev–Trinajstić information content (AvgIpc) is 2.89. The van der Waals surface area contributed by atoms with Crippen LogP contribution >= 0.6 is 0 Å². The van der Waals surface area contributed by atoms with Gasteiger partial charge < -0.3 is 34.3 Å². The molecule has 1 aliphatic carbocycles. The first-order valence-corrected chi connectivity index (χ1v) is 7.92. The fraction of sp³-hybridized carbons (Fsp3) is 0.647. The summed E-state index contributed by atoms with van der Waals surface area (Å²) in [5, 5.41) is 29.8. The molecule has 1 aliphatic rings. The molecule has 1 aromatic carbocycles. The molecule has 3 N–H and O–H groups in total. The highest BCUT2D eigenvalue weighted by Gasteiger charge is 2.54. The lowest BCUT2D eigenvalue weighted by Gasteiger charge is -2.30. The Labute approximate surface area is 141 Å². The van der Waals surface area contributed by atoms with E-state index in [2.05, 4.69) is 0 Å². The maximum Gasteiger partial charge on any atom is 0.147 e. The van der Waals surface area contributed by atoms with Crippen molar-refractivity contribution in [2.75, 3.05) is 33.9 Å². The third-order valence-electron chi connectivity index (χ3n) is 4.28. The molecule has 1 fully saturated rings. The van der Waals surface area contributed by atoms with Gasteiger partial charge in [-0.2, -0.15) is 0 Å². The molecule has 2 rings (SSSR count). The van der Waals surface area contributed by atoms with Gasteiger partial charge in [0.1, 0.15) is 19.2 Å². The van der Waals surface area contributed by atoms with Crippen LogP contribution in [0, 0.1) is 5.92 Å². The SMILES string of the molecule is COCOC1C[C@@](O)(CO)[C@@H](OCOCc2ccccc2)[C@@H]1CO. The second-order valence-electron chi connectivity index (χ2n) is 5.96. The first kappa shape index (κ1) is 19.3. The second-order valence-corrected chi connectivity index (χ2v) is 5.96. The van der Waals surface area contributed by atoms with Crippen LogP contribution in [0.3, 0.4) is 0 Å². The molecule has 0 saturated heterocycles. The van der Waals surface area contributed by atoms with Crippen LogP contribution in [0.5, 0.6) is 0 Å². The number of hydrogen-bond acceptors (Lipinski definition) is 7. The van der Waals surface area contributed by atoms with Crippen LogP contribution in [0.2, 0.25) is 0 Å². The topological polar surface area (TPSA) is 97.6 Å². The maximum atomic E-state index is 10.6. The van der Waals surface area contributed by atoms with Gasteiger partial charge in [0.25, 0.3) is 0 Å². The molecule has 0 aliphatic heterocycles. The van der Waals surface area contributed by atoms with Crippen LogP contribution in [0.1, 0.15) is 12.0 Å². The summed E-state index contributed by atoms with van der Waals surface area (Å²) in [6.45, 7) is -0.368. The number of aliphatic hydroxyl groups is 3. The number of rotatable bonds is 10. The average molecular weight is 342 g/mol. The summed E-state index contributed by atoms with van der Waals surface area (Å²) >= 11 is 0. The molecule has 0 bridgehead atoms. The van der Waals surface area contributed by atoms with E-state index in [0.29, 0.717) is 6.61 Å². The van der Waals surface area contributed by atoms with Crippen molar-refractivity contribution < 1.29 is 34.3 Å². The van der Waals surface area contributed by atoms with Crippen molar-refractivity contribution in [3.8, 4) is 0 Å². The van der Waals surface area contributed by atoms with Gasteiger partial charge in [0, 0.05) is 19.4 Å². The molecular weight excluding hydrogens is 316 g/mol. The van der Waals surface area contributed by atoms with E-state index in [0.717, 1.165) is 5.56 Å². The summed E-state index contributed by atoms with van der Waals surface area (Å²) in [7, 11) is 1.49. The van der Waals surface area contributed by atoms with Crippen molar-refractivity contribution >= 4 is 0 Å². The van der Waals surface area contributed by atoms with Crippen molar-refractivity contribution in [3.63, 3.8) is 0 Å². The van der Waals surface area contributed by atoms with E-state index in [1.165, 1.54) is 7.11 Å². The van der Waals surface area contributed by atoms with E-state index >= 15 is 0 Å². The first-order valence-electron chi connectivity index (χ1n) is 7.92. The Morgan fingerprint density at radius 2 is 1.88 bits per heavy atom. The summed E-state index contributed by atoms with van der Waals surface area (Å²) in [5.41, 5.74) is -0.480. The molecule has 0 aromatic heterocycles. The smallest absolute Gasteiger partial charge is 0.147 e. The lowest BCUT2D eigenvalue weighted by molar-refractivity contribution is -0.180. The van der Waals surface area contributed by atoms with E-state index < -0.39 is 30.3 Å². The van der Waals surface area contributed by atoms with E-state index in [1.807, 2.05) is 30.3 Å². The van der Waals surface area contributed by atoms with Crippen molar-refractivity contribution in [2.45, 2.75) is 30.8 Å². The van der Waals surface area contributed by atoms with Gasteiger partial charge in [-0.1, -0.05) is 30.3 Å². The third-order valence-corrected chi connectivity index (χ3v) is 4.28. The van der Waals surface area contributed by atoms with Gasteiger partial charge >= 0.3 is 0 Å². The third kappa shape index (κ3) is 4.73. The van der Waals surface area contributed by atoms with Crippen molar-refractivity contribution in [2.24, 2.45) is 5.92 Å². The van der Waals surface area contributed by atoms with Gasteiger partial charge in [-0.25, -0.2) is 0 Å². The Bertz CT molecular complexity index is 469. The van der Waals surface area contributed by atoms with E-state index in [4.69, 9.17) is 18.9 Å². The van der Waals surface area contributed by atoms with Crippen LogP contribution in [-0.4, -0.2) is 67.0 Å². The highest BCUT2D eigenvalue weighted by Crippen LogP contribution is 2.39. The maximum absolute atomic E-state index is 10.6. The largest absolute Gasteiger partial charge is 0.396 e. The number of methoxy groups -OCH3 is 1. The van der Waals surface area contributed by atoms with E-state index in [1.54, 1.807) is 0 Å². The summed E-state index contributed by atoms with van der Waals surface area (Å²) in [6.07, 6.45) is -1.10. The van der Waals surface area contributed by atoms with Crippen molar-refractivity contribution in [3.05, 3.63) is 35.9 Å². The zero-order valence-electron chi connectivity index (χ0n) is 13.8. The van der Waals surface area contributed by atoms with Gasteiger partial charge in [0.2, 0.25) is 0 Å². The molecule has 1 unspecified atom stereocenters. The predicted octanol–water partition coefficient (Wildman–Crippen LogP) is 0.271. The lowest BCUT2D eigenvalue weighted by atomic mass is 9.97. The van der Waals surface area contributed by atoms with Gasteiger partial charge in [0.15, 0.2) is 0 Å². The summed E-state index contributed by atoms with van der Waals surface area (Å²) < 4.78 is 21.5. The zero-order chi connectivity index (χ0) is 17.4. The highest BCUT2D eigenvalue weighted by atomic mass is 16.7. The van der Waals surface area contributed by atoms with Crippen molar-refractivity contribution in [1.29, 1.82) is 0 Å². The van der Waals surface area contributed by atoms with Crippen molar-refractivity contribution in [1.82, 2.24) is 0 Å². The van der Waals surface area contributed by atoms with Crippen LogP contribution in [0.15, 0.2) is 30.3 Å². The van der Waals surface area contributed by atoms with Crippen LogP contribution in [0.25, 0.3) is 0 Å². The molecule has 0 heterocycles. The summed E-state index contributed by atoms with van der Waals surface area (Å²) in [5.74, 6) is -0.474. The lowest BCUT2D eigenvalue weighted by Crippen LogP contribution is -2.46. The molecule has 136 valence electrons. The molecule has 0 amide bonds.